The van der Waals surface area contributed by atoms with E-state index >= 15 is 0 Å². The van der Waals surface area contributed by atoms with Gasteiger partial charge >= 0.3 is 0 Å². The predicted octanol–water partition coefficient (Wildman–Crippen LogP) is 2.84. The van der Waals surface area contributed by atoms with Crippen molar-refractivity contribution in [3.63, 3.8) is 0 Å². The van der Waals surface area contributed by atoms with Crippen LogP contribution in [0.1, 0.15) is 17.3 Å². The summed E-state index contributed by atoms with van der Waals surface area (Å²) in [4.78, 5) is 7.07. The van der Waals surface area contributed by atoms with Gasteiger partial charge in [-0.3, -0.25) is 0 Å². The van der Waals surface area contributed by atoms with E-state index in [1.54, 1.807) is 19.5 Å². The topological polar surface area (TPSA) is 61.7 Å². The summed E-state index contributed by atoms with van der Waals surface area (Å²) in [5.74, 6) is 0.831. The number of nitriles is 1. The minimum Gasteiger partial charge on any atom is -0.496 e. The molecule has 4 nitrogen and oxygen atoms in total. The molecule has 17 heavy (non-hydrogen) atoms. The van der Waals surface area contributed by atoms with Crippen molar-refractivity contribution < 1.29 is 4.74 Å². The van der Waals surface area contributed by atoms with Gasteiger partial charge in [-0.25, -0.2) is 4.98 Å². The number of rotatable bonds is 3. The molecular formula is C12H10BrN3O. The molecule has 2 aromatic rings. The molecule has 0 saturated heterocycles. The lowest BCUT2D eigenvalue weighted by Gasteiger charge is -2.12. The highest BCUT2D eigenvalue weighted by Crippen LogP contribution is 2.32. The maximum absolute atomic E-state index is 9.28. The number of hydrogen-bond donors (Lipinski definition) is 1. The van der Waals surface area contributed by atoms with E-state index in [1.165, 1.54) is 0 Å². The van der Waals surface area contributed by atoms with E-state index in [2.05, 4.69) is 32.0 Å². The van der Waals surface area contributed by atoms with Crippen LogP contribution in [-0.2, 0) is 0 Å². The number of benzene rings is 1. The number of nitrogens with one attached hydrogen (secondary N) is 1. The molecule has 1 N–H and O–H groups in total. The minimum atomic E-state index is -0.461. The van der Waals surface area contributed by atoms with Crippen LogP contribution in [-0.4, -0.2) is 17.1 Å². The first-order valence-corrected chi connectivity index (χ1v) is 5.78. The zero-order chi connectivity index (χ0) is 12.3. The molecule has 1 aromatic carbocycles. The second kappa shape index (κ2) is 5.02. The summed E-state index contributed by atoms with van der Waals surface area (Å²) in [6, 6.07) is 7.80. The van der Waals surface area contributed by atoms with E-state index in [9.17, 15) is 5.26 Å². The molecular weight excluding hydrogens is 282 g/mol. The largest absolute Gasteiger partial charge is 0.496 e. The van der Waals surface area contributed by atoms with Crippen molar-refractivity contribution in [1.82, 2.24) is 9.97 Å². The number of H-pyrrole nitrogens is 1. The maximum Gasteiger partial charge on any atom is 0.133 e. The molecule has 1 aromatic heterocycles. The predicted molar refractivity (Wildman–Crippen MR) is 66.7 cm³/mol. The molecule has 0 aliphatic rings. The van der Waals surface area contributed by atoms with Crippen molar-refractivity contribution in [3.8, 4) is 11.8 Å². The second-order valence-electron chi connectivity index (χ2n) is 3.42. The summed E-state index contributed by atoms with van der Waals surface area (Å²) in [6.07, 6.45) is 3.33. The van der Waals surface area contributed by atoms with Gasteiger partial charge in [0.15, 0.2) is 0 Å². The second-order valence-corrected chi connectivity index (χ2v) is 4.34. The Morgan fingerprint density at radius 1 is 1.53 bits per heavy atom. The summed E-state index contributed by atoms with van der Waals surface area (Å²) in [5, 5.41) is 9.28. The van der Waals surface area contributed by atoms with Crippen LogP contribution in [0.5, 0.6) is 5.75 Å². The van der Waals surface area contributed by atoms with Crippen LogP contribution in [0.2, 0.25) is 0 Å². The Labute approximate surface area is 107 Å². The Morgan fingerprint density at radius 2 is 2.35 bits per heavy atom. The molecule has 0 aliphatic carbocycles. The molecule has 0 fully saturated rings. The maximum atomic E-state index is 9.28. The average Bonchev–Trinajstić information content (AvgIpc) is 2.84. The van der Waals surface area contributed by atoms with Crippen LogP contribution in [0.3, 0.4) is 0 Å². The average molecular weight is 292 g/mol. The smallest absolute Gasteiger partial charge is 0.133 e. The third-order valence-electron chi connectivity index (χ3n) is 2.42. The number of imidazole rings is 1. The lowest BCUT2D eigenvalue weighted by Crippen LogP contribution is -2.03. The lowest BCUT2D eigenvalue weighted by atomic mass is 9.99. The van der Waals surface area contributed by atoms with Gasteiger partial charge in [-0.2, -0.15) is 5.26 Å². The van der Waals surface area contributed by atoms with E-state index in [4.69, 9.17) is 4.74 Å². The SMILES string of the molecule is COc1ccc(Br)cc1C(C#N)c1ncc[nH]1. The molecule has 1 unspecified atom stereocenters. The number of nitrogens with zero attached hydrogens (tertiary/aromatic N) is 2. The first-order chi connectivity index (χ1) is 8.26. The third kappa shape index (κ3) is 2.32. The third-order valence-corrected chi connectivity index (χ3v) is 2.92. The number of aromatic amines is 1. The molecule has 0 radical (unpaired) electrons. The van der Waals surface area contributed by atoms with Crippen LogP contribution < -0.4 is 4.74 Å². The molecule has 2 rings (SSSR count). The standard InChI is InChI=1S/C12H10BrN3O/c1-17-11-3-2-8(13)6-9(11)10(7-14)12-15-4-5-16-12/h2-6,10H,1H3,(H,15,16). The van der Waals surface area contributed by atoms with E-state index < -0.39 is 5.92 Å². The first-order valence-electron chi connectivity index (χ1n) is 4.98. The fourth-order valence-corrected chi connectivity index (χ4v) is 2.02. The minimum absolute atomic E-state index is 0.461. The molecule has 5 heteroatoms. The van der Waals surface area contributed by atoms with Crippen molar-refractivity contribution in [2.24, 2.45) is 0 Å². The molecule has 1 atom stereocenters. The summed E-state index contributed by atoms with van der Waals surface area (Å²) in [5.41, 5.74) is 0.791. The highest BCUT2D eigenvalue weighted by Gasteiger charge is 2.20. The van der Waals surface area contributed by atoms with Crippen molar-refractivity contribution in [2.75, 3.05) is 7.11 Å². The molecule has 0 amide bonds. The Morgan fingerprint density at radius 3 is 2.94 bits per heavy atom. The fourth-order valence-electron chi connectivity index (χ4n) is 1.64. The summed E-state index contributed by atoms with van der Waals surface area (Å²) in [6.45, 7) is 0. The van der Waals surface area contributed by atoms with Gasteiger partial charge in [-0.05, 0) is 18.2 Å². The van der Waals surface area contributed by atoms with Gasteiger partial charge in [0, 0.05) is 22.4 Å². The Hall–Kier alpha value is -1.80. The van der Waals surface area contributed by atoms with Gasteiger partial charge in [0.1, 0.15) is 17.5 Å². The van der Waals surface area contributed by atoms with Gasteiger partial charge in [-0.15, -0.1) is 0 Å². The number of ether oxygens (including phenoxy) is 1. The van der Waals surface area contributed by atoms with Gasteiger partial charge in [-0.1, -0.05) is 15.9 Å². The highest BCUT2D eigenvalue weighted by atomic mass is 79.9. The highest BCUT2D eigenvalue weighted by molar-refractivity contribution is 9.10. The van der Waals surface area contributed by atoms with E-state index in [1.807, 2.05) is 18.2 Å². The molecule has 0 spiro atoms. The van der Waals surface area contributed by atoms with Gasteiger partial charge in [0.05, 0.1) is 13.2 Å². The van der Waals surface area contributed by atoms with Crippen molar-refractivity contribution >= 4 is 15.9 Å². The number of halogens is 1. The van der Waals surface area contributed by atoms with Crippen LogP contribution in [0.25, 0.3) is 0 Å². The van der Waals surface area contributed by atoms with Gasteiger partial charge < -0.3 is 9.72 Å². The van der Waals surface area contributed by atoms with Crippen molar-refractivity contribution in [3.05, 3.63) is 46.5 Å². The Balaban J connectivity index is 2.51. The Kier molecular flexibility index (Phi) is 3.45. The molecule has 0 saturated carbocycles. The zero-order valence-corrected chi connectivity index (χ0v) is 10.7. The number of aromatic nitrogens is 2. The van der Waals surface area contributed by atoms with E-state index in [0.29, 0.717) is 11.6 Å². The van der Waals surface area contributed by atoms with Crippen molar-refractivity contribution in [2.45, 2.75) is 5.92 Å². The first kappa shape index (κ1) is 11.7. The number of methoxy groups -OCH3 is 1. The van der Waals surface area contributed by atoms with Crippen LogP contribution in [0.4, 0.5) is 0 Å². The molecule has 1 heterocycles. The number of hydrogen-bond acceptors (Lipinski definition) is 3. The quantitative estimate of drug-likeness (QED) is 0.946. The van der Waals surface area contributed by atoms with Crippen LogP contribution in [0.15, 0.2) is 35.1 Å². The van der Waals surface area contributed by atoms with Crippen LogP contribution >= 0.6 is 15.9 Å². The van der Waals surface area contributed by atoms with E-state index in [-0.39, 0.29) is 0 Å². The van der Waals surface area contributed by atoms with E-state index in [0.717, 1.165) is 10.0 Å². The summed E-state index contributed by atoms with van der Waals surface area (Å²) >= 11 is 3.39. The molecule has 0 aliphatic heterocycles. The van der Waals surface area contributed by atoms with Crippen molar-refractivity contribution in [1.29, 1.82) is 5.26 Å². The lowest BCUT2D eigenvalue weighted by molar-refractivity contribution is 0.409. The Bertz CT molecular complexity index is 545. The monoisotopic (exact) mass is 291 g/mol. The zero-order valence-electron chi connectivity index (χ0n) is 9.14. The van der Waals surface area contributed by atoms with Gasteiger partial charge in [0.2, 0.25) is 0 Å². The molecule has 86 valence electrons. The normalized spacial score (nSPS) is 11.8. The summed E-state index contributed by atoms with van der Waals surface area (Å²) in [7, 11) is 1.59. The van der Waals surface area contributed by atoms with Crippen LogP contribution in [0, 0.1) is 11.3 Å². The fraction of sp³-hybridized carbons (Fsp3) is 0.167. The molecule has 0 bridgehead atoms. The van der Waals surface area contributed by atoms with Gasteiger partial charge in [0.25, 0.3) is 0 Å². The summed E-state index contributed by atoms with van der Waals surface area (Å²) < 4.78 is 6.17.